The van der Waals surface area contributed by atoms with Crippen molar-refractivity contribution in [2.24, 2.45) is 10.4 Å². The van der Waals surface area contributed by atoms with E-state index in [-0.39, 0.29) is 17.8 Å². The Bertz CT molecular complexity index is 308. The Balaban J connectivity index is 2.25. The summed E-state index contributed by atoms with van der Waals surface area (Å²) >= 11 is 0. The summed E-state index contributed by atoms with van der Waals surface area (Å²) in [5, 5.41) is 5.27. The monoisotopic (exact) mass is 209 g/mol. The highest BCUT2D eigenvalue weighted by atomic mass is 16.2. The number of amides is 2. The quantitative estimate of drug-likeness (QED) is 0.558. The molecule has 0 unspecified atom stereocenters. The summed E-state index contributed by atoms with van der Waals surface area (Å²) in [6.07, 6.45) is 4.30. The van der Waals surface area contributed by atoms with E-state index in [0.29, 0.717) is 12.8 Å². The summed E-state index contributed by atoms with van der Waals surface area (Å²) in [4.78, 5) is 27.6. The molecule has 0 aromatic carbocycles. The molecule has 1 aliphatic heterocycles. The Kier molecular flexibility index (Phi) is 2.46. The van der Waals surface area contributed by atoms with Crippen molar-refractivity contribution in [2.45, 2.75) is 32.1 Å². The molecule has 2 fully saturated rings. The topological polar surface area (TPSA) is 70.6 Å². The molecular formula is C10H15N3O2. The standard InChI is InChI=1S/C10H15N3O2/c1-11-9-12-7(14)10(8(15)13-9)5-3-2-4-6-10/h2-6H2,1H3,(H2,11,12,13,14,15). The van der Waals surface area contributed by atoms with Gasteiger partial charge in [0, 0.05) is 7.05 Å². The molecule has 0 atom stereocenters. The van der Waals surface area contributed by atoms with Crippen LogP contribution in [-0.2, 0) is 9.59 Å². The molecule has 5 nitrogen and oxygen atoms in total. The van der Waals surface area contributed by atoms with E-state index < -0.39 is 5.41 Å². The first-order chi connectivity index (χ1) is 7.19. The van der Waals surface area contributed by atoms with Crippen molar-refractivity contribution in [3.05, 3.63) is 0 Å². The molecule has 1 saturated heterocycles. The Morgan fingerprint density at radius 1 is 1.07 bits per heavy atom. The highest BCUT2D eigenvalue weighted by molar-refractivity contribution is 6.20. The van der Waals surface area contributed by atoms with Crippen LogP contribution in [0.25, 0.3) is 0 Å². The molecule has 5 heteroatoms. The molecule has 2 N–H and O–H groups in total. The van der Waals surface area contributed by atoms with Gasteiger partial charge in [-0.05, 0) is 12.8 Å². The number of nitrogens with one attached hydrogen (secondary N) is 2. The lowest BCUT2D eigenvalue weighted by Gasteiger charge is -2.37. The summed E-state index contributed by atoms with van der Waals surface area (Å²) in [5.41, 5.74) is -0.827. The number of rotatable bonds is 0. The van der Waals surface area contributed by atoms with Gasteiger partial charge in [-0.1, -0.05) is 19.3 Å². The molecule has 0 aromatic heterocycles. The Labute approximate surface area is 88.3 Å². The van der Waals surface area contributed by atoms with Crippen molar-refractivity contribution in [3.63, 3.8) is 0 Å². The van der Waals surface area contributed by atoms with Gasteiger partial charge in [0.05, 0.1) is 0 Å². The second-order valence-electron chi connectivity index (χ2n) is 4.12. The second kappa shape index (κ2) is 3.64. The van der Waals surface area contributed by atoms with Crippen molar-refractivity contribution in [3.8, 4) is 0 Å². The van der Waals surface area contributed by atoms with E-state index in [9.17, 15) is 9.59 Å². The molecule has 1 aliphatic carbocycles. The molecule has 1 spiro atoms. The van der Waals surface area contributed by atoms with E-state index in [1.807, 2.05) is 0 Å². The molecule has 1 heterocycles. The number of hydrogen-bond acceptors (Lipinski definition) is 3. The minimum atomic E-state index is -0.827. The molecule has 0 radical (unpaired) electrons. The maximum atomic E-state index is 11.9. The van der Waals surface area contributed by atoms with Gasteiger partial charge < -0.3 is 0 Å². The lowest BCUT2D eigenvalue weighted by atomic mass is 9.72. The molecule has 2 rings (SSSR count). The molecule has 0 aromatic rings. The minimum Gasteiger partial charge on any atom is -0.295 e. The Morgan fingerprint density at radius 3 is 2.07 bits per heavy atom. The van der Waals surface area contributed by atoms with E-state index in [0.717, 1.165) is 19.3 Å². The van der Waals surface area contributed by atoms with Gasteiger partial charge in [-0.25, -0.2) is 0 Å². The van der Waals surface area contributed by atoms with Crippen LogP contribution in [-0.4, -0.2) is 24.8 Å². The predicted octanol–water partition coefficient (Wildman–Crippen LogP) is 0.169. The van der Waals surface area contributed by atoms with Gasteiger partial charge in [-0.3, -0.25) is 25.2 Å². The van der Waals surface area contributed by atoms with E-state index in [2.05, 4.69) is 15.6 Å². The van der Waals surface area contributed by atoms with Crippen molar-refractivity contribution >= 4 is 17.8 Å². The average Bonchev–Trinajstić information content (AvgIpc) is 2.27. The van der Waals surface area contributed by atoms with Gasteiger partial charge in [-0.15, -0.1) is 0 Å². The molecule has 2 aliphatic rings. The maximum Gasteiger partial charge on any atom is 0.242 e. The first-order valence-corrected chi connectivity index (χ1v) is 5.29. The number of hydrogen-bond donors (Lipinski definition) is 2. The van der Waals surface area contributed by atoms with Gasteiger partial charge >= 0.3 is 0 Å². The molecule has 82 valence electrons. The zero-order valence-corrected chi connectivity index (χ0v) is 8.80. The number of carbonyl (C=O) groups is 2. The molecule has 15 heavy (non-hydrogen) atoms. The lowest BCUT2D eigenvalue weighted by Crippen LogP contribution is -2.63. The average molecular weight is 209 g/mol. The summed E-state index contributed by atoms with van der Waals surface area (Å²) < 4.78 is 0. The van der Waals surface area contributed by atoms with E-state index in [4.69, 9.17) is 0 Å². The van der Waals surface area contributed by atoms with Crippen LogP contribution in [0.1, 0.15) is 32.1 Å². The zero-order valence-electron chi connectivity index (χ0n) is 8.80. The van der Waals surface area contributed by atoms with Crippen molar-refractivity contribution in [1.29, 1.82) is 0 Å². The first kappa shape index (κ1) is 10.1. The largest absolute Gasteiger partial charge is 0.295 e. The van der Waals surface area contributed by atoms with E-state index in [1.165, 1.54) is 7.05 Å². The Morgan fingerprint density at radius 2 is 1.60 bits per heavy atom. The van der Waals surface area contributed by atoms with Crippen LogP contribution >= 0.6 is 0 Å². The minimum absolute atomic E-state index is 0.188. The number of carbonyl (C=O) groups excluding carboxylic acids is 2. The van der Waals surface area contributed by atoms with Gasteiger partial charge in [-0.2, -0.15) is 0 Å². The number of guanidine groups is 1. The first-order valence-electron chi connectivity index (χ1n) is 5.29. The highest BCUT2D eigenvalue weighted by Crippen LogP contribution is 2.37. The third kappa shape index (κ3) is 1.52. The van der Waals surface area contributed by atoms with Crippen LogP contribution in [0.15, 0.2) is 4.99 Å². The fourth-order valence-corrected chi connectivity index (χ4v) is 2.31. The van der Waals surface area contributed by atoms with E-state index >= 15 is 0 Å². The summed E-state index contributed by atoms with van der Waals surface area (Å²) in [6.45, 7) is 0. The van der Waals surface area contributed by atoms with Crippen LogP contribution in [0.4, 0.5) is 0 Å². The third-order valence-electron chi connectivity index (χ3n) is 3.26. The Hall–Kier alpha value is -1.39. The van der Waals surface area contributed by atoms with Gasteiger partial charge in [0.25, 0.3) is 0 Å². The van der Waals surface area contributed by atoms with Gasteiger partial charge in [0.15, 0.2) is 0 Å². The summed E-state index contributed by atoms with van der Waals surface area (Å²) in [7, 11) is 1.54. The maximum absolute atomic E-state index is 11.9. The number of aliphatic imine (C=N–C) groups is 1. The SMILES string of the molecule is CN=C1NC(=O)C2(CCCCC2)C(=O)N1. The fraction of sp³-hybridized carbons (Fsp3) is 0.700. The summed E-state index contributed by atoms with van der Waals surface area (Å²) in [6, 6.07) is 0. The molecule has 0 bridgehead atoms. The normalized spacial score (nSPS) is 24.7. The van der Waals surface area contributed by atoms with Crippen LogP contribution < -0.4 is 10.6 Å². The van der Waals surface area contributed by atoms with Crippen LogP contribution in [0.2, 0.25) is 0 Å². The second-order valence-corrected chi connectivity index (χ2v) is 4.12. The van der Waals surface area contributed by atoms with Crippen molar-refractivity contribution in [1.82, 2.24) is 10.6 Å². The van der Waals surface area contributed by atoms with Gasteiger partial charge in [0.1, 0.15) is 5.41 Å². The predicted molar refractivity (Wildman–Crippen MR) is 55.2 cm³/mol. The molecule has 2 amide bonds. The van der Waals surface area contributed by atoms with Crippen molar-refractivity contribution in [2.75, 3.05) is 7.05 Å². The summed E-state index contributed by atoms with van der Waals surface area (Å²) in [5.74, 6) is -0.112. The smallest absolute Gasteiger partial charge is 0.242 e. The van der Waals surface area contributed by atoms with Crippen LogP contribution in [0.5, 0.6) is 0 Å². The van der Waals surface area contributed by atoms with Gasteiger partial charge in [0.2, 0.25) is 17.8 Å². The molecule has 1 saturated carbocycles. The van der Waals surface area contributed by atoms with Crippen molar-refractivity contribution < 1.29 is 9.59 Å². The van der Waals surface area contributed by atoms with Crippen LogP contribution in [0, 0.1) is 5.41 Å². The third-order valence-corrected chi connectivity index (χ3v) is 3.26. The number of nitrogens with zero attached hydrogens (tertiary/aromatic N) is 1. The van der Waals surface area contributed by atoms with Crippen LogP contribution in [0.3, 0.4) is 0 Å². The molecular weight excluding hydrogens is 194 g/mol. The zero-order chi connectivity index (χ0) is 10.9. The highest BCUT2D eigenvalue weighted by Gasteiger charge is 2.49. The fourth-order valence-electron chi connectivity index (χ4n) is 2.31. The van der Waals surface area contributed by atoms with E-state index in [1.54, 1.807) is 0 Å². The lowest BCUT2D eigenvalue weighted by molar-refractivity contribution is -0.145.